The maximum absolute atomic E-state index is 11.4. The van der Waals surface area contributed by atoms with E-state index in [0.29, 0.717) is 11.3 Å². The number of nitrogens with one attached hydrogen (secondary N) is 2. The number of benzene rings is 1. The Morgan fingerprint density at radius 3 is 2.76 bits per heavy atom. The summed E-state index contributed by atoms with van der Waals surface area (Å²) in [4.78, 5) is 11.4. The lowest BCUT2D eigenvalue weighted by atomic mass is 10.1. The molecule has 4 N–H and O–H groups in total. The van der Waals surface area contributed by atoms with Crippen LogP contribution in [-0.2, 0) is 0 Å². The van der Waals surface area contributed by atoms with Crippen LogP contribution in [-0.4, -0.2) is 19.5 Å². The van der Waals surface area contributed by atoms with Crippen LogP contribution in [0.25, 0.3) is 0 Å². The van der Waals surface area contributed by atoms with Gasteiger partial charge in [0.05, 0.1) is 11.4 Å². The van der Waals surface area contributed by atoms with Gasteiger partial charge < -0.3 is 16.4 Å². The van der Waals surface area contributed by atoms with E-state index in [1.165, 1.54) is 6.42 Å². The molecule has 2 rings (SSSR count). The topological polar surface area (TPSA) is 67.2 Å². The Bertz CT molecular complexity index is 431. The van der Waals surface area contributed by atoms with Crippen molar-refractivity contribution in [3.63, 3.8) is 0 Å². The Morgan fingerprint density at radius 2 is 2.24 bits per heavy atom. The Balaban J connectivity index is 2.01. The van der Waals surface area contributed by atoms with E-state index < -0.39 is 0 Å². The molecule has 17 heavy (non-hydrogen) atoms. The predicted octanol–water partition coefficient (Wildman–Crippen LogP) is 1.70. The average molecular weight is 233 g/mol. The lowest BCUT2D eigenvalue weighted by Gasteiger charge is -2.10. The van der Waals surface area contributed by atoms with Crippen LogP contribution in [0.15, 0.2) is 18.2 Å². The molecule has 1 aromatic rings. The second-order valence-electron chi connectivity index (χ2n) is 4.74. The van der Waals surface area contributed by atoms with Crippen LogP contribution in [0, 0.1) is 11.8 Å². The van der Waals surface area contributed by atoms with Crippen LogP contribution in [0.3, 0.4) is 0 Å². The summed E-state index contributed by atoms with van der Waals surface area (Å²) in [5, 5.41) is 5.91. The van der Waals surface area contributed by atoms with Gasteiger partial charge in [-0.1, -0.05) is 6.92 Å². The largest absolute Gasteiger partial charge is 0.397 e. The van der Waals surface area contributed by atoms with Crippen LogP contribution in [0.1, 0.15) is 23.7 Å². The summed E-state index contributed by atoms with van der Waals surface area (Å²) in [7, 11) is 1.61. The van der Waals surface area contributed by atoms with Gasteiger partial charge in [-0.15, -0.1) is 0 Å². The molecule has 2 atom stereocenters. The first-order valence-electron chi connectivity index (χ1n) is 5.97. The minimum Gasteiger partial charge on any atom is -0.397 e. The molecular weight excluding hydrogens is 214 g/mol. The molecule has 2 unspecified atom stereocenters. The molecule has 0 radical (unpaired) electrons. The van der Waals surface area contributed by atoms with E-state index in [0.717, 1.165) is 24.1 Å². The van der Waals surface area contributed by atoms with Crippen molar-refractivity contribution in [3.8, 4) is 0 Å². The molecule has 0 spiro atoms. The van der Waals surface area contributed by atoms with Gasteiger partial charge in [-0.3, -0.25) is 4.79 Å². The van der Waals surface area contributed by atoms with Crippen LogP contribution in [0.4, 0.5) is 11.4 Å². The van der Waals surface area contributed by atoms with E-state index in [-0.39, 0.29) is 5.91 Å². The molecule has 1 aliphatic rings. The third-order valence-corrected chi connectivity index (χ3v) is 3.37. The van der Waals surface area contributed by atoms with Crippen molar-refractivity contribution >= 4 is 17.3 Å². The Hall–Kier alpha value is -1.71. The van der Waals surface area contributed by atoms with Crippen LogP contribution >= 0.6 is 0 Å². The van der Waals surface area contributed by atoms with E-state index in [9.17, 15) is 4.79 Å². The standard InChI is InChI=1S/C13H19N3O/c1-8-5-10(8)7-16-12-4-3-9(6-11(12)14)13(17)15-2/h3-4,6,8,10,16H,5,7,14H2,1-2H3,(H,15,17). The zero-order valence-electron chi connectivity index (χ0n) is 10.3. The zero-order chi connectivity index (χ0) is 12.4. The number of nitrogen functional groups attached to an aromatic ring is 1. The Labute approximate surface area is 102 Å². The van der Waals surface area contributed by atoms with Crippen LogP contribution < -0.4 is 16.4 Å². The quantitative estimate of drug-likeness (QED) is 0.693. The van der Waals surface area contributed by atoms with Crippen molar-refractivity contribution in [3.05, 3.63) is 23.8 Å². The highest BCUT2D eigenvalue weighted by molar-refractivity contribution is 5.95. The highest BCUT2D eigenvalue weighted by Gasteiger charge is 2.31. The number of anilines is 2. The van der Waals surface area contributed by atoms with Crippen LogP contribution in [0.5, 0.6) is 0 Å². The monoisotopic (exact) mass is 233 g/mol. The number of carbonyl (C=O) groups excluding carboxylic acids is 1. The second-order valence-corrected chi connectivity index (χ2v) is 4.74. The molecule has 0 aliphatic heterocycles. The lowest BCUT2D eigenvalue weighted by molar-refractivity contribution is 0.0963. The van der Waals surface area contributed by atoms with Crippen molar-refractivity contribution in [2.45, 2.75) is 13.3 Å². The molecule has 0 aromatic heterocycles. The lowest BCUT2D eigenvalue weighted by Crippen LogP contribution is -2.18. The summed E-state index contributed by atoms with van der Waals surface area (Å²) in [5.74, 6) is 1.49. The SMILES string of the molecule is CNC(=O)c1ccc(NCC2CC2C)c(N)c1. The van der Waals surface area contributed by atoms with Gasteiger partial charge in [-0.05, 0) is 36.5 Å². The molecule has 0 bridgehead atoms. The number of amides is 1. The van der Waals surface area contributed by atoms with Crippen molar-refractivity contribution in [2.24, 2.45) is 11.8 Å². The summed E-state index contributed by atoms with van der Waals surface area (Å²) >= 11 is 0. The minimum absolute atomic E-state index is 0.112. The third kappa shape index (κ3) is 2.70. The second kappa shape index (κ2) is 4.65. The maximum atomic E-state index is 11.4. The predicted molar refractivity (Wildman–Crippen MR) is 70.0 cm³/mol. The van der Waals surface area contributed by atoms with Crippen LogP contribution in [0.2, 0.25) is 0 Å². The molecular formula is C13H19N3O. The number of hydrogen-bond donors (Lipinski definition) is 3. The van der Waals surface area contributed by atoms with Gasteiger partial charge in [0.1, 0.15) is 0 Å². The Kier molecular flexibility index (Phi) is 3.22. The zero-order valence-corrected chi connectivity index (χ0v) is 10.3. The van der Waals surface area contributed by atoms with Gasteiger partial charge in [0.2, 0.25) is 0 Å². The van der Waals surface area contributed by atoms with Crippen molar-refractivity contribution < 1.29 is 4.79 Å². The summed E-state index contributed by atoms with van der Waals surface area (Å²) in [6.07, 6.45) is 1.29. The molecule has 0 heterocycles. The number of rotatable bonds is 4. The molecule has 1 saturated carbocycles. The van der Waals surface area contributed by atoms with Gasteiger partial charge in [0.15, 0.2) is 0 Å². The first-order chi connectivity index (χ1) is 8.11. The number of nitrogens with two attached hydrogens (primary N) is 1. The highest BCUT2D eigenvalue weighted by atomic mass is 16.1. The van der Waals surface area contributed by atoms with Gasteiger partial charge in [0, 0.05) is 19.2 Å². The van der Waals surface area contributed by atoms with E-state index in [1.807, 2.05) is 6.07 Å². The fourth-order valence-electron chi connectivity index (χ4n) is 1.93. The normalized spacial score (nSPS) is 22.0. The fourth-order valence-corrected chi connectivity index (χ4v) is 1.93. The molecule has 1 fully saturated rings. The molecule has 92 valence electrons. The first-order valence-corrected chi connectivity index (χ1v) is 5.97. The number of carbonyl (C=O) groups is 1. The molecule has 1 aliphatic carbocycles. The van der Waals surface area contributed by atoms with Crippen molar-refractivity contribution in [1.82, 2.24) is 5.32 Å². The molecule has 4 nitrogen and oxygen atoms in total. The first kappa shape index (κ1) is 11.8. The van der Waals surface area contributed by atoms with E-state index in [4.69, 9.17) is 5.73 Å². The van der Waals surface area contributed by atoms with Crippen molar-refractivity contribution in [1.29, 1.82) is 0 Å². The molecule has 4 heteroatoms. The summed E-state index contributed by atoms with van der Waals surface area (Å²) in [5.41, 5.74) is 8.04. The maximum Gasteiger partial charge on any atom is 0.251 e. The fraction of sp³-hybridized carbons (Fsp3) is 0.462. The van der Waals surface area contributed by atoms with Gasteiger partial charge >= 0.3 is 0 Å². The average Bonchev–Trinajstić information content (AvgIpc) is 3.02. The number of hydrogen-bond acceptors (Lipinski definition) is 3. The third-order valence-electron chi connectivity index (χ3n) is 3.37. The van der Waals surface area contributed by atoms with Gasteiger partial charge in [0.25, 0.3) is 5.91 Å². The molecule has 1 amide bonds. The summed E-state index contributed by atoms with van der Waals surface area (Å²) in [6.45, 7) is 3.22. The smallest absolute Gasteiger partial charge is 0.251 e. The van der Waals surface area contributed by atoms with Gasteiger partial charge in [-0.25, -0.2) is 0 Å². The molecule has 0 saturated heterocycles. The minimum atomic E-state index is -0.112. The summed E-state index contributed by atoms with van der Waals surface area (Å²) in [6, 6.07) is 5.36. The van der Waals surface area contributed by atoms with E-state index >= 15 is 0 Å². The van der Waals surface area contributed by atoms with Crippen molar-refractivity contribution in [2.75, 3.05) is 24.6 Å². The van der Waals surface area contributed by atoms with Gasteiger partial charge in [-0.2, -0.15) is 0 Å². The molecule has 1 aromatic carbocycles. The van der Waals surface area contributed by atoms with E-state index in [1.54, 1.807) is 19.2 Å². The Morgan fingerprint density at radius 1 is 1.53 bits per heavy atom. The van der Waals surface area contributed by atoms with E-state index in [2.05, 4.69) is 17.6 Å². The highest BCUT2D eigenvalue weighted by Crippen LogP contribution is 2.37. The summed E-state index contributed by atoms with van der Waals surface area (Å²) < 4.78 is 0.